The lowest BCUT2D eigenvalue weighted by Crippen LogP contribution is -2.11. The van der Waals surface area contributed by atoms with Crippen LogP contribution in [0.25, 0.3) is 5.69 Å². The van der Waals surface area contributed by atoms with Gasteiger partial charge in [0, 0.05) is 5.69 Å². The van der Waals surface area contributed by atoms with E-state index in [1.165, 1.54) is 6.33 Å². The van der Waals surface area contributed by atoms with Gasteiger partial charge < -0.3 is 4.74 Å². The van der Waals surface area contributed by atoms with Crippen LogP contribution in [0.1, 0.15) is 34.9 Å². The second kappa shape index (κ2) is 6.35. The molecule has 0 aliphatic carbocycles. The van der Waals surface area contributed by atoms with Crippen LogP contribution < -0.4 is 0 Å². The monoisotopic (exact) mass is 309 g/mol. The zero-order valence-corrected chi connectivity index (χ0v) is 12.7. The average Bonchev–Trinajstić information content (AvgIpc) is 3.06. The molecule has 7 heteroatoms. The highest BCUT2D eigenvalue weighted by Crippen LogP contribution is 2.17. The van der Waals surface area contributed by atoms with Gasteiger partial charge in [-0.15, -0.1) is 5.10 Å². The summed E-state index contributed by atoms with van der Waals surface area (Å²) in [5.74, 6) is -0.516. The van der Waals surface area contributed by atoms with Crippen LogP contribution in [0, 0.1) is 6.92 Å². The highest BCUT2D eigenvalue weighted by atomic mass is 16.5. The van der Waals surface area contributed by atoms with Crippen molar-refractivity contribution in [2.45, 2.75) is 20.0 Å². The third kappa shape index (κ3) is 3.39. The number of benzene rings is 1. The van der Waals surface area contributed by atoms with Crippen LogP contribution in [0.3, 0.4) is 0 Å². The summed E-state index contributed by atoms with van der Waals surface area (Å²) in [4.78, 5) is 20.0. The highest BCUT2D eigenvalue weighted by molar-refractivity contribution is 5.87. The first kappa shape index (κ1) is 14.8. The van der Waals surface area contributed by atoms with E-state index < -0.39 is 12.1 Å². The minimum Gasteiger partial charge on any atom is -0.451 e. The van der Waals surface area contributed by atoms with E-state index >= 15 is 0 Å². The van der Waals surface area contributed by atoms with Crippen LogP contribution in [-0.4, -0.2) is 30.9 Å². The average molecular weight is 309 g/mol. The van der Waals surface area contributed by atoms with Crippen LogP contribution in [0.4, 0.5) is 0 Å². The normalized spacial score (nSPS) is 11.9. The lowest BCUT2D eigenvalue weighted by Gasteiger charge is -2.09. The van der Waals surface area contributed by atoms with Crippen molar-refractivity contribution in [3.05, 3.63) is 66.0 Å². The smallest absolute Gasteiger partial charge is 0.357 e. The number of hydrogen-bond acceptors (Lipinski definition) is 6. The minimum absolute atomic E-state index is 0.222. The third-order valence-electron chi connectivity index (χ3n) is 3.25. The Morgan fingerprint density at radius 2 is 2.00 bits per heavy atom. The van der Waals surface area contributed by atoms with Gasteiger partial charge in [0.25, 0.3) is 0 Å². The molecule has 0 amide bonds. The molecule has 0 N–H and O–H groups in total. The molecular formula is C16H15N5O2. The Bertz CT molecular complexity index is 816. The van der Waals surface area contributed by atoms with Crippen LogP contribution >= 0.6 is 0 Å². The maximum atomic E-state index is 12.1. The van der Waals surface area contributed by atoms with E-state index in [4.69, 9.17) is 4.74 Å². The van der Waals surface area contributed by atoms with Crippen LogP contribution in [0.15, 0.2) is 48.9 Å². The summed E-state index contributed by atoms with van der Waals surface area (Å²) in [7, 11) is 0. The number of para-hydroxylation sites is 1. The standard InChI is InChI=1S/C16H15N5O2/c1-11-8-14(18-10-17-11)16(22)23-12(2)15-9-21(20-19-15)13-6-4-3-5-7-13/h3-10,12H,1-2H3/t12-/m1/s1. The third-order valence-corrected chi connectivity index (χ3v) is 3.25. The van der Waals surface area contributed by atoms with E-state index in [-0.39, 0.29) is 5.69 Å². The fourth-order valence-corrected chi connectivity index (χ4v) is 2.02. The Balaban J connectivity index is 1.73. The van der Waals surface area contributed by atoms with Gasteiger partial charge in [-0.2, -0.15) is 0 Å². The van der Waals surface area contributed by atoms with E-state index in [2.05, 4.69) is 20.3 Å². The molecule has 0 radical (unpaired) electrons. The zero-order chi connectivity index (χ0) is 16.2. The van der Waals surface area contributed by atoms with Crippen molar-refractivity contribution in [3.63, 3.8) is 0 Å². The molecule has 3 aromatic rings. The summed E-state index contributed by atoms with van der Waals surface area (Å²) in [5.41, 5.74) is 2.37. The summed E-state index contributed by atoms with van der Waals surface area (Å²) in [6.07, 6.45) is 2.54. The number of ether oxygens (including phenoxy) is 1. The molecule has 0 spiro atoms. The van der Waals surface area contributed by atoms with Crippen LogP contribution in [0.2, 0.25) is 0 Å². The summed E-state index contributed by atoms with van der Waals surface area (Å²) < 4.78 is 7.02. The van der Waals surface area contributed by atoms with Crippen molar-refractivity contribution in [2.75, 3.05) is 0 Å². The van der Waals surface area contributed by atoms with Crippen molar-refractivity contribution in [1.29, 1.82) is 0 Å². The van der Waals surface area contributed by atoms with Gasteiger partial charge in [0.1, 0.15) is 18.1 Å². The molecule has 2 aromatic heterocycles. The van der Waals surface area contributed by atoms with Gasteiger partial charge in [-0.05, 0) is 32.0 Å². The second-order valence-corrected chi connectivity index (χ2v) is 5.02. The lowest BCUT2D eigenvalue weighted by atomic mass is 10.3. The maximum Gasteiger partial charge on any atom is 0.357 e. The minimum atomic E-state index is -0.532. The first-order chi connectivity index (χ1) is 11.1. The van der Waals surface area contributed by atoms with Gasteiger partial charge in [0.05, 0.1) is 11.9 Å². The number of aromatic nitrogens is 5. The molecule has 116 valence electrons. The largest absolute Gasteiger partial charge is 0.451 e. The zero-order valence-electron chi connectivity index (χ0n) is 12.7. The Kier molecular flexibility index (Phi) is 4.09. The molecule has 0 fully saturated rings. The van der Waals surface area contributed by atoms with Crippen molar-refractivity contribution in [3.8, 4) is 5.69 Å². The van der Waals surface area contributed by atoms with Gasteiger partial charge in [-0.1, -0.05) is 23.4 Å². The lowest BCUT2D eigenvalue weighted by molar-refractivity contribution is 0.0321. The molecule has 1 aromatic carbocycles. The second-order valence-electron chi connectivity index (χ2n) is 5.02. The molecule has 0 bridgehead atoms. The molecule has 0 aliphatic heterocycles. The fourth-order valence-electron chi connectivity index (χ4n) is 2.02. The number of hydrogen-bond donors (Lipinski definition) is 0. The van der Waals surface area contributed by atoms with Gasteiger partial charge >= 0.3 is 5.97 Å². The molecule has 3 rings (SSSR count). The predicted octanol–water partition coefficient (Wildman–Crippen LogP) is 2.28. The van der Waals surface area contributed by atoms with E-state index in [0.29, 0.717) is 11.4 Å². The molecule has 7 nitrogen and oxygen atoms in total. The molecule has 2 heterocycles. The fraction of sp³-hybridized carbons (Fsp3) is 0.188. The number of rotatable bonds is 4. The van der Waals surface area contributed by atoms with E-state index in [9.17, 15) is 4.79 Å². The van der Waals surface area contributed by atoms with E-state index in [1.54, 1.807) is 30.8 Å². The number of nitrogens with zero attached hydrogens (tertiary/aromatic N) is 5. The van der Waals surface area contributed by atoms with Gasteiger partial charge in [0.15, 0.2) is 5.69 Å². The van der Waals surface area contributed by atoms with Gasteiger partial charge in [-0.3, -0.25) is 0 Å². The van der Waals surface area contributed by atoms with Crippen molar-refractivity contribution < 1.29 is 9.53 Å². The van der Waals surface area contributed by atoms with Crippen molar-refractivity contribution >= 4 is 5.97 Å². The molecular weight excluding hydrogens is 294 g/mol. The van der Waals surface area contributed by atoms with Gasteiger partial charge in [0.2, 0.25) is 0 Å². The first-order valence-electron chi connectivity index (χ1n) is 7.11. The van der Waals surface area contributed by atoms with Crippen molar-refractivity contribution in [1.82, 2.24) is 25.0 Å². The topological polar surface area (TPSA) is 82.8 Å². The first-order valence-corrected chi connectivity index (χ1v) is 7.11. The molecule has 0 saturated heterocycles. The predicted molar refractivity (Wildman–Crippen MR) is 82.0 cm³/mol. The molecule has 0 aliphatic rings. The molecule has 1 atom stereocenters. The van der Waals surface area contributed by atoms with Gasteiger partial charge in [-0.25, -0.2) is 19.4 Å². The summed E-state index contributed by atoms with van der Waals surface area (Å²) in [6.45, 7) is 3.53. The summed E-state index contributed by atoms with van der Waals surface area (Å²) in [5, 5.41) is 8.11. The van der Waals surface area contributed by atoms with Crippen molar-refractivity contribution in [2.24, 2.45) is 0 Å². The quantitative estimate of drug-likeness (QED) is 0.688. The van der Waals surface area contributed by atoms with Crippen LogP contribution in [0.5, 0.6) is 0 Å². The molecule has 23 heavy (non-hydrogen) atoms. The van der Waals surface area contributed by atoms with E-state index in [0.717, 1.165) is 5.69 Å². The Morgan fingerprint density at radius 3 is 2.74 bits per heavy atom. The Morgan fingerprint density at radius 1 is 1.22 bits per heavy atom. The summed E-state index contributed by atoms with van der Waals surface area (Å²) >= 11 is 0. The highest BCUT2D eigenvalue weighted by Gasteiger charge is 2.18. The maximum absolute atomic E-state index is 12.1. The number of esters is 1. The Labute approximate surface area is 133 Å². The Hall–Kier alpha value is -3.09. The van der Waals surface area contributed by atoms with E-state index in [1.807, 2.05) is 30.3 Å². The molecule has 0 saturated carbocycles. The number of aryl methyl sites for hydroxylation is 1. The SMILES string of the molecule is Cc1cc(C(=O)O[C@H](C)c2cn(-c3ccccc3)nn2)ncn1. The molecule has 0 unspecified atom stereocenters. The number of carbonyl (C=O) groups excluding carboxylic acids is 1. The summed E-state index contributed by atoms with van der Waals surface area (Å²) in [6, 6.07) is 11.2. The van der Waals surface area contributed by atoms with Crippen LogP contribution in [-0.2, 0) is 4.74 Å². The number of carbonyl (C=O) groups is 1.